The van der Waals surface area contributed by atoms with Crippen LogP contribution in [0.15, 0.2) is 47.4 Å². The van der Waals surface area contributed by atoms with Crippen LogP contribution >= 0.6 is 34.4 Å². The van der Waals surface area contributed by atoms with Crippen LogP contribution in [0, 0.1) is 10.5 Å². The summed E-state index contributed by atoms with van der Waals surface area (Å²) in [4.78, 5) is 13.7. The number of anilines is 1. The number of nitrogens with one attached hydrogen (secondary N) is 1. The van der Waals surface area contributed by atoms with Crippen molar-refractivity contribution in [2.24, 2.45) is 0 Å². The van der Waals surface area contributed by atoms with Crippen LogP contribution in [0.4, 0.5) is 5.69 Å². The molecule has 0 saturated carbocycles. The maximum atomic E-state index is 12.7. The molecule has 2 aromatic carbocycles. The maximum absolute atomic E-state index is 12.7. The predicted octanol–water partition coefficient (Wildman–Crippen LogP) is 5.12. The number of thioether (sulfide) groups is 1. The van der Waals surface area contributed by atoms with E-state index in [9.17, 15) is 4.79 Å². The summed E-state index contributed by atoms with van der Waals surface area (Å²) in [5, 5.41) is 3.01. The summed E-state index contributed by atoms with van der Waals surface area (Å²) >= 11 is 3.99. The highest BCUT2D eigenvalue weighted by Crippen LogP contribution is 2.27. The second-order valence-corrected chi connectivity index (χ2v) is 8.08. The van der Waals surface area contributed by atoms with Crippen molar-refractivity contribution in [3.05, 3.63) is 57.2 Å². The van der Waals surface area contributed by atoms with Crippen molar-refractivity contribution in [2.75, 3.05) is 17.7 Å². The van der Waals surface area contributed by atoms with Crippen LogP contribution in [0.1, 0.15) is 28.8 Å². The van der Waals surface area contributed by atoms with Gasteiger partial charge in [0.15, 0.2) is 0 Å². The molecule has 1 aliphatic rings. The van der Waals surface area contributed by atoms with Gasteiger partial charge in [-0.05, 0) is 72.2 Å². The Morgan fingerprint density at radius 2 is 2.17 bits per heavy atom. The number of hydrogen-bond donors (Lipinski definition) is 1. The highest BCUT2D eigenvalue weighted by Gasteiger charge is 2.18. The van der Waals surface area contributed by atoms with E-state index in [1.807, 2.05) is 42.5 Å². The largest absolute Gasteiger partial charge is 0.377 e. The molecule has 1 aliphatic heterocycles. The van der Waals surface area contributed by atoms with E-state index in [0.29, 0.717) is 6.10 Å². The van der Waals surface area contributed by atoms with Crippen LogP contribution in [0.25, 0.3) is 0 Å². The molecule has 0 spiro atoms. The van der Waals surface area contributed by atoms with Crippen molar-refractivity contribution in [1.29, 1.82) is 0 Å². The van der Waals surface area contributed by atoms with Crippen molar-refractivity contribution >= 4 is 45.9 Å². The minimum atomic E-state index is -0.0647. The zero-order chi connectivity index (χ0) is 16.9. The lowest BCUT2D eigenvalue weighted by Crippen LogP contribution is -2.14. The van der Waals surface area contributed by atoms with Gasteiger partial charge in [-0.3, -0.25) is 4.79 Å². The molecule has 1 saturated heterocycles. The molecule has 1 atom stereocenters. The summed E-state index contributed by atoms with van der Waals surface area (Å²) in [5.74, 6) is 0.831. The number of ether oxygens (including phenoxy) is 1. The monoisotopic (exact) mass is 453 g/mol. The van der Waals surface area contributed by atoms with E-state index in [4.69, 9.17) is 4.74 Å². The van der Waals surface area contributed by atoms with E-state index < -0.39 is 0 Å². The quantitative estimate of drug-likeness (QED) is 0.505. The molecule has 1 amide bonds. The average molecular weight is 453 g/mol. The summed E-state index contributed by atoms with van der Waals surface area (Å²) in [6, 6.07) is 13.7. The predicted molar refractivity (Wildman–Crippen MR) is 108 cm³/mol. The first kappa shape index (κ1) is 17.8. The summed E-state index contributed by atoms with van der Waals surface area (Å²) in [7, 11) is 0. The number of amides is 1. The van der Waals surface area contributed by atoms with Gasteiger partial charge in [-0.2, -0.15) is 0 Å². The lowest BCUT2D eigenvalue weighted by molar-refractivity contribution is 0.102. The van der Waals surface area contributed by atoms with Gasteiger partial charge in [0.2, 0.25) is 0 Å². The van der Waals surface area contributed by atoms with Crippen LogP contribution < -0.4 is 5.32 Å². The second kappa shape index (κ2) is 8.36. The zero-order valence-electron chi connectivity index (χ0n) is 13.5. The van der Waals surface area contributed by atoms with Crippen molar-refractivity contribution < 1.29 is 9.53 Å². The molecule has 1 N–H and O–H groups in total. The molecule has 0 bridgehead atoms. The van der Waals surface area contributed by atoms with Gasteiger partial charge >= 0.3 is 0 Å². The minimum Gasteiger partial charge on any atom is -0.377 e. The van der Waals surface area contributed by atoms with Crippen LogP contribution in [-0.4, -0.2) is 24.4 Å². The number of halogens is 1. The number of rotatable bonds is 5. The van der Waals surface area contributed by atoms with Gasteiger partial charge in [0.05, 0.1) is 11.7 Å². The Hall–Kier alpha value is -1.05. The van der Waals surface area contributed by atoms with Crippen LogP contribution in [-0.2, 0) is 4.74 Å². The first-order chi connectivity index (χ1) is 11.6. The van der Waals surface area contributed by atoms with E-state index in [2.05, 4.69) is 34.8 Å². The molecule has 1 unspecified atom stereocenters. The third kappa shape index (κ3) is 4.52. The molecule has 5 heteroatoms. The van der Waals surface area contributed by atoms with Gasteiger partial charge in [-0.1, -0.05) is 18.2 Å². The number of carbonyl (C=O) groups excluding carboxylic acids is 1. The molecule has 3 nitrogen and oxygen atoms in total. The zero-order valence-corrected chi connectivity index (χ0v) is 16.5. The molecule has 0 aromatic heterocycles. The van der Waals surface area contributed by atoms with E-state index in [0.717, 1.165) is 44.9 Å². The highest BCUT2D eigenvalue weighted by atomic mass is 127. The molecular formula is C19H20INO2S. The first-order valence-electron chi connectivity index (χ1n) is 8.04. The highest BCUT2D eigenvalue weighted by molar-refractivity contribution is 14.1. The standard InChI is InChI=1S/C19H20INO2S/c1-13-8-9-14(11-17(13)20)21-19(22)16-6-2-3-7-18(16)24-12-15-5-4-10-23-15/h2-3,6-9,11,15H,4-5,10,12H2,1H3,(H,21,22). The van der Waals surface area contributed by atoms with Crippen LogP contribution in [0.3, 0.4) is 0 Å². The number of carbonyl (C=O) groups is 1. The second-order valence-electron chi connectivity index (χ2n) is 5.86. The van der Waals surface area contributed by atoms with E-state index >= 15 is 0 Å². The van der Waals surface area contributed by atoms with Gasteiger partial charge in [0, 0.05) is 26.5 Å². The number of hydrogen-bond acceptors (Lipinski definition) is 3. The topological polar surface area (TPSA) is 38.3 Å². The molecule has 126 valence electrons. The Morgan fingerprint density at radius 3 is 2.92 bits per heavy atom. The SMILES string of the molecule is Cc1ccc(NC(=O)c2ccccc2SCC2CCCO2)cc1I. The third-order valence-corrected chi connectivity index (χ3v) is 6.38. The van der Waals surface area contributed by atoms with E-state index in [1.54, 1.807) is 11.8 Å². The summed E-state index contributed by atoms with van der Waals surface area (Å²) in [6.07, 6.45) is 2.56. The third-order valence-electron chi connectivity index (χ3n) is 4.01. The van der Waals surface area contributed by atoms with Gasteiger partial charge < -0.3 is 10.1 Å². The molecule has 2 aromatic rings. The van der Waals surface area contributed by atoms with Crippen molar-refractivity contribution in [3.63, 3.8) is 0 Å². The number of aryl methyl sites for hydroxylation is 1. The first-order valence-corrected chi connectivity index (χ1v) is 10.1. The summed E-state index contributed by atoms with van der Waals surface area (Å²) < 4.78 is 6.82. The average Bonchev–Trinajstić information content (AvgIpc) is 3.10. The lowest BCUT2D eigenvalue weighted by atomic mass is 10.2. The van der Waals surface area contributed by atoms with E-state index in [-0.39, 0.29) is 5.91 Å². The molecule has 0 aliphatic carbocycles. The Balaban J connectivity index is 1.70. The molecular weight excluding hydrogens is 433 g/mol. The van der Waals surface area contributed by atoms with Crippen LogP contribution in [0.2, 0.25) is 0 Å². The fraction of sp³-hybridized carbons (Fsp3) is 0.316. The van der Waals surface area contributed by atoms with Crippen molar-refractivity contribution in [2.45, 2.75) is 30.8 Å². The normalized spacial score (nSPS) is 17.0. The smallest absolute Gasteiger partial charge is 0.256 e. The number of benzene rings is 2. The minimum absolute atomic E-state index is 0.0647. The van der Waals surface area contributed by atoms with Crippen molar-refractivity contribution in [3.8, 4) is 0 Å². The Labute approximate surface area is 160 Å². The van der Waals surface area contributed by atoms with Gasteiger partial charge in [-0.25, -0.2) is 0 Å². The maximum Gasteiger partial charge on any atom is 0.256 e. The summed E-state index contributed by atoms with van der Waals surface area (Å²) in [5.41, 5.74) is 2.76. The van der Waals surface area contributed by atoms with E-state index in [1.165, 1.54) is 5.56 Å². The molecule has 1 heterocycles. The van der Waals surface area contributed by atoms with Gasteiger partial charge in [0.1, 0.15) is 0 Å². The molecule has 24 heavy (non-hydrogen) atoms. The van der Waals surface area contributed by atoms with Crippen molar-refractivity contribution in [1.82, 2.24) is 0 Å². The Morgan fingerprint density at radius 1 is 1.33 bits per heavy atom. The lowest BCUT2D eigenvalue weighted by Gasteiger charge is -2.13. The van der Waals surface area contributed by atoms with Gasteiger partial charge in [0.25, 0.3) is 5.91 Å². The molecule has 1 fully saturated rings. The fourth-order valence-electron chi connectivity index (χ4n) is 2.61. The fourth-order valence-corrected chi connectivity index (χ4v) is 4.24. The molecule has 0 radical (unpaired) electrons. The Kier molecular flexibility index (Phi) is 6.19. The van der Waals surface area contributed by atoms with Gasteiger partial charge in [-0.15, -0.1) is 11.8 Å². The van der Waals surface area contributed by atoms with Crippen LogP contribution in [0.5, 0.6) is 0 Å². The summed E-state index contributed by atoms with van der Waals surface area (Å²) in [6.45, 7) is 2.92. The Bertz CT molecular complexity index is 729. The molecule has 3 rings (SSSR count).